The Hall–Kier alpha value is -0.220. The van der Waals surface area contributed by atoms with E-state index in [2.05, 4.69) is 19.3 Å². The zero-order valence-electron chi connectivity index (χ0n) is 8.18. The largest absolute Gasteiger partial charge is 0.294 e. The molecular weight excluding hydrogens is 172 g/mol. The van der Waals surface area contributed by atoms with E-state index < -0.39 is 0 Å². The second-order valence-corrected chi connectivity index (χ2v) is 5.28. The number of hydrogen-bond donors (Lipinski definition) is 2. The van der Waals surface area contributed by atoms with Gasteiger partial charge in [-0.15, -0.1) is 0 Å². The van der Waals surface area contributed by atoms with Crippen LogP contribution < -0.4 is 11.3 Å². The maximum atomic E-state index is 11.2. The maximum Gasteiger partial charge on any atom is 0.240 e. The molecule has 4 heteroatoms. The molecule has 0 aliphatic rings. The highest BCUT2D eigenvalue weighted by Crippen LogP contribution is 2.24. The maximum absolute atomic E-state index is 11.2. The minimum absolute atomic E-state index is 0.101. The Kier molecular flexibility index (Phi) is 4.63. The summed E-state index contributed by atoms with van der Waals surface area (Å²) in [6, 6.07) is 0. The molecule has 0 aromatic carbocycles. The van der Waals surface area contributed by atoms with Crippen LogP contribution in [0.4, 0.5) is 0 Å². The van der Waals surface area contributed by atoms with Crippen molar-refractivity contribution in [3.8, 4) is 0 Å². The molecule has 0 aliphatic heterocycles. The van der Waals surface area contributed by atoms with Crippen LogP contribution in [-0.4, -0.2) is 16.9 Å². The third-order valence-corrected chi connectivity index (χ3v) is 3.08. The van der Waals surface area contributed by atoms with Crippen LogP contribution in [0.5, 0.6) is 0 Å². The van der Waals surface area contributed by atoms with Gasteiger partial charge in [-0.1, -0.05) is 27.7 Å². The molecule has 3 nitrogen and oxygen atoms in total. The Morgan fingerprint density at radius 2 is 2.08 bits per heavy atom. The zero-order valence-corrected chi connectivity index (χ0v) is 8.99. The molecule has 72 valence electrons. The molecule has 0 aliphatic carbocycles. The van der Waals surface area contributed by atoms with Crippen LogP contribution in [-0.2, 0) is 4.79 Å². The molecule has 0 unspecified atom stereocenters. The number of carbonyl (C=O) groups is 1. The third-order valence-electron chi connectivity index (χ3n) is 1.52. The second-order valence-electron chi connectivity index (χ2n) is 3.72. The summed E-state index contributed by atoms with van der Waals surface area (Å²) in [7, 11) is 0. The summed E-state index contributed by atoms with van der Waals surface area (Å²) < 4.78 is 0. The fourth-order valence-corrected chi connectivity index (χ4v) is 1.52. The van der Waals surface area contributed by atoms with Crippen molar-refractivity contribution >= 4 is 17.7 Å². The van der Waals surface area contributed by atoms with Gasteiger partial charge in [0.2, 0.25) is 5.91 Å². The van der Waals surface area contributed by atoms with Gasteiger partial charge in [0, 0.05) is 5.75 Å². The van der Waals surface area contributed by atoms with Gasteiger partial charge in [0.05, 0.1) is 5.41 Å². The van der Waals surface area contributed by atoms with Gasteiger partial charge in [0.1, 0.15) is 0 Å². The van der Waals surface area contributed by atoms with Gasteiger partial charge in [-0.2, -0.15) is 11.8 Å². The summed E-state index contributed by atoms with van der Waals surface area (Å²) in [5.41, 5.74) is 1.81. The summed E-state index contributed by atoms with van der Waals surface area (Å²) in [6.07, 6.45) is 0. The van der Waals surface area contributed by atoms with Gasteiger partial charge in [0.25, 0.3) is 0 Å². The summed E-state index contributed by atoms with van der Waals surface area (Å²) in [6.45, 7) is 8.01. The number of amides is 1. The molecule has 0 bridgehead atoms. The van der Waals surface area contributed by atoms with Crippen molar-refractivity contribution in [1.29, 1.82) is 0 Å². The number of nitrogens with two attached hydrogens (primary N) is 1. The number of hydrogen-bond acceptors (Lipinski definition) is 3. The van der Waals surface area contributed by atoms with Crippen LogP contribution in [0, 0.1) is 5.41 Å². The molecule has 0 spiro atoms. The van der Waals surface area contributed by atoms with E-state index in [1.165, 1.54) is 0 Å². The van der Waals surface area contributed by atoms with Crippen molar-refractivity contribution in [2.45, 2.75) is 32.9 Å². The number of carbonyl (C=O) groups excluding carboxylic acids is 1. The minimum Gasteiger partial charge on any atom is -0.294 e. The molecule has 12 heavy (non-hydrogen) atoms. The molecule has 0 radical (unpaired) electrons. The van der Waals surface area contributed by atoms with Gasteiger partial charge in [-0.25, -0.2) is 5.84 Å². The summed E-state index contributed by atoms with van der Waals surface area (Å²) in [5.74, 6) is 5.75. The van der Waals surface area contributed by atoms with Crippen molar-refractivity contribution in [3.63, 3.8) is 0 Å². The van der Waals surface area contributed by atoms with Crippen LogP contribution in [0.2, 0.25) is 0 Å². The first kappa shape index (κ1) is 11.8. The lowest BCUT2D eigenvalue weighted by Crippen LogP contribution is -2.42. The molecule has 0 fully saturated rings. The standard InChI is InChI=1S/C8H18N2OS/c1-6(2)12-5-8(3,4)7(11)10-9/h6H,5,9H2,1-4H3,(H,10,11). The second kappa shape index (κ2) is 4.72. The molecule has 0 saturated heterocycles. The first-order chi connectivity index (χ1) is 5.40. The van der Waals surface area contributed by atoms with Crippen LogP contribution in [0.1, 0.15) is 27.7 Å². The van der Waals surface area contributed by atoms with Gasteiger partial charge >= 0.3 is 0 Å². The Morgan fingerprint density at radius 3 is 2.42 bits per heavy atom. The summed E-state index contributed by atoms with van der Waals surface area (Å²) >= 11 is 1.77. The quantitative estimate of drug-likeness (QED) is 0.397. The van der Waals surface area contributed by atoms with E-state index in [0.717, 1.165) is 5.75 Å². The number of thioether (sulfide) groups is 1. The Labute approximate surface area is 78.4 Å². The fourth-order valence-electron chi connectivity index (χ4n) is 0.636. The molecule has 0 aromatic heterocycles. The van der Waals surface area contributed by atoms with Gasteiger partial charge in [-0.3, -0.25) is 10.2 Å². The molecule has 3 N–H and O–H groups in total. The lowest BCUT2D eigenvalue weighted by Gasteiger charge is -2.22. The highest BCUT2D eigenvalue weighted by atomic mass is 32.2. The smallest absolute Gasteiger partial charge is 0.240 e. The highest BCUT2D eigenvalue weighted by Gasteiger charge is 2.26. The Bertz CT molecular complexity index is 157. The summed E-state index contributed by atoms with van der Waals surface area (Å²) in [4.78, 5) is 11.2. The van der Waals surface area contributed by atoms with Crippen LogP contribution >= 0.6 is 11.8 Å². The monoisotopic (exact) mass is 190 g/mol. The first-order valence-corrected chi connectivity index (χ1v) is 5.07. The van der Waals surface area contributed by atoms with Crippen LogP contribution in [0.15, 0.2) is 0 Å². The van der Waals surface area contributed by atoms with Crippen molar-refractivity contribution in [3.05, 3.63) is 0 Å². The fraction of sp³-hybridized carbons (Fsp3) is 0.875. The lowest BCUT2D eigenvalue weighted by atomic mass is 9.96. The average molecular weight is 190 g/mol. The van der Waals surface area contributed by atoms with Crippen molar-refractivity contribution in [2.75, 3.05) is 5.75 Å². The van der Waals surface area contributed by atoms with Crippen LogP contribution in [0.25, 0.3) is 0 Å². The molecule has 0 rings (SSSR count). The van der Waals surface area contributed by atoms with E-state index in [4.69, 9.17) is 5.84 Å². The van der Waals surface area contributed by atoms with Gasteiger partial charge in [0.15, 0.2) is 0 Å². The van der Waals surface area contributed by atoms with Gasteiger partial charge in [-0.05, 0) is 5.25 Å². The molecule has 0 aromatic rings. The lowest BCUT2D eigenvalue weighted by molar-refractivity contribution is -0.128. The van der Waals surface area contributed by atoms with E-state index in [9.17, 15) is 4.79 Å². The predicted octanol–water partition coefficient (Wildman–Crippen LogP) is 1.14. The Balaban J connectivity index is 3.95. The molecule has 0 atom stereocenters. The van der Waals surface area contributed by atoms with E-state index in [1.54, 1.807) is 11.8 Å². The zero-order chi connectivity index (χ0) is 9.78. The first-order valence-electron chi connectivity index (χ1n) is 4.03. The summed E-state index contributed by atoms with van der Waals surface area (Å²) in [5, 5.41) is 0.551. The number of hydrazine groups is 1. The number of rotatable bonds is 4. The van der Waals surface area contributed by atoms with E-state index in [-0.39, 0.29) is 11.3 Å². The molecule has 1 amide bonds. The normalized spacial score (nSPS) is 11.8. The predicted molar refractivity (Wildman–Crippen MR) is 53.7 cm³/mol. The van der Waals surface area contributed by atoms with Gasteiger partial charge < -0.3 is 0 Å². The van der Waals surface area contributed by atoms with Crippen molar-refractivity contribution in [1.82, 2.24) is 5.43 Å². The van der Waals surface area contributed by atoms with Crippen molar-refractivity contribution in [2.24, 2.45) is 11.3 Å². The third kappa shape index (κ3) is 3.97. The molecular formula is C8H18N2OS. The SMILES string of the molecule is CC(C)SCC(C)(C)C(=O)NN. The minimum atomic E-state index is -0.371. The van der Waals surface area contributed by atoms with E-state index in [1.807, 2.05) is 13.8 Å². The molecule has 0 heterocycles. The van der Waals surface area contributed by atoms with E-state index >= 15 is 0 Å². The van der Waals surface area contributed by atoms with Crippen molar-refractivity contribution < 1.29 is 4.79 Å². The highest BCUT2D eigenvalue weighted by molar-refractivity contribution is 7.99. The van der Waals surface area contributed by atoms with E-state index in [0.29, 0.717) is 5.25 Å². The average Bonchev–Trinajstić information content (AvgIpc) is 1.99. The van der Waals surface area contributed by atoms with Crippen LogP contribution in [0.3, 0.4) is 0 Å². The Morgan fingerprint density at radius 1 is 1.58 bits per heavy atom. The number of nitrogens with one attached hydrogen (secondary N) is 1. The molecule has 0 saturated carbocycles. The topological polar surface area (TPSA) is 55.1 Å².